The molecule has 0 saturated carbocycles. The third-order valence-corrected chi connectivity index (χ3v) is 2.00. The molecule has 0 aromatic rings. The molecule has 0 aromatic heterocycles. The van der Waals surface area contributed by atoms with Gasteiger partial charge in [0.2, 0.25) is 0 Å². The van der Waals surface area contributed by atoms with Crippen LogP contribution in [0, 0.1) is 0 Å². The fourth-order valence-electron chi connectivity index (χ4n) is 1.16. The zero-order valence-electron chi connectivity index (χ0n) is 6.50. The summed E-state index contributed by atoms with van der Waals surface area (Å²) in [7, 11) is 0. The molecule has 5 atom stereocenters. The average molecular weight is 178 g/mol. The van der Waals surface area contributed by atoms with Gasteiger partial charge in [0.15, 0.2) is 6.29 Å². The van der Waals surface area contributed by atoms with Crippen molar-refractivity contribution in [3.05, 3.63) is 0 Å². The summed E-state index contributed by atoms with van der Waals surface area (Å²) in [5.41, 5.74) is 10.5. The van der Waals surface area contributed by atoms with Gasteiger partial charge in [0.05, 0.1) is 6.04 Å². The number of hydrogen-bond donors (Lipinski definition) is 5. The maximum Gasteiger partial charge on any atom is 0.172 e. The van der Waals surface area contributed by atoms with E-state index in [4.69, 9.17) is 21.3 Å². The molecule has 3 unspecified atom stereocenters. The molecule has 6 heteroatoms. The molecule has 12 heavy (non-hydrogen) atoms. The van der Waals surface area contributed by atoms with E-state index in [-0.39, 0.29) is 6.54 Å². The summed E-state index contributed by atoms with van der Waals surface area (Å²) in [5.74, 6) is 0. The van der Waals surface area contributed by atoms with E-state index in [0.717, 1.165) is 0 Å². The first-order chi connectivity index (χ1) is 5.57. The van der Waals surface area contributed by atoms with Crippen LogP contribution < -0.4 is 11.5 Å². The second kappa shape index (κ2) is 3.65. The molecule has 0 aromatic carbocycles. The van der Waals surface area contributed by atoms with E-state index in [0.29, 0.717) is 0 Å². The van der Waals surface area contributed by atoms with Crippen molar-refractivity contribution in [2.75, 3.05) is 6.54 Å². The lowest BCUT2D eigenvalue weighted by molar-refractivity contribution is -0.238. The van der Waals surface area contributed by atoms with Crippen molar-refractivity contribution < 1.29 is 20.1 Å². The van der Waals surface area contributed by atoms with Crippen LogP contribution in [-0.4, -0.2) is 52.5 Å². The summed E-state index contributed by atoms with van der Waals surface area (Å²) in [4.78, 5) is 0. The minimum atomic E-state index is -1.27. The van der Waals surface area contributed by atoms with E-state index < -0.39 is 30.6 Å². The van der Waals surface area contributed by atoms with Gasteiger partial charge in [0.25, 0.3) is 0 Å². The fraction of sp³-hybridized carbons (Fsp3) is 1.00. The molecule has 1 heterocycles. The number of hydrogen-bond acceptors (Lipinski definition) is 6. The Bertz CT molecular complexity index is 152. The van der Waals surface area contributed by atoms with Gasteiger partial charge in [-0.25, -0.2) is 0 Å². The Morgan fingerprint density at radius 2 is 1.75 bits per heavy atom. The van der Waals surface area contributed by atoms with Gasteiger partial charge in [-0.15, -0.1) is 0 Å². The molecule has 0 amide bonds. The van der Waals surface area contributed by atoms with Crippen LogP contribution >= 0.6 is 0 Å². The Morgan fingerprint density at radius 3 is 2.25 bits per heavy atom. The summed E-state index contributed by atoms with van der Waals surface area (Å²) in [5, 5.41) is 27.6. The van der Waals surface area contributed by atoms with Crippen LogP contribution in [0.15, 0.2) is 0 Å². The highest BCUT2D eigenvalue weighted by Crippen LogP contribution is 2.17. The second-order valence-corrected chi connectivity index (χ2v) is 2.86. The largest absolute Gasteiger partial charge is 0.388 e. The summed E-state index contributed by atoms with van der Waals surface area (Å²) < 4.78 is 4.83. The van der Waals surface area contributed by atoms with Gasteiger partial charge in [0.1, 0.15) is 18.3 Å². The first-order valence-corrected chi connectivity index (χ1v) is 3.73. The van der Waals surface area contributed by atoms with Crippen LogP contribution in [0.4, 0.5) is 0 Å². The van der Waals surface area contributed by atoms with Gasteiger partial charge in [-0.2, -0.15) is 0 Å². The molecule has 1 fully saturated rings. The van der Waals surface area contributed by atoms with E-state index in [1.54, 1.807) is 0 Å². The van der Waals surface area contributed by atoms with E-state index >= 15 is 0 Å². The zero-order chi connectivity index (χ0) is 9.30. The smallest absolute Gasteiger partial charge is 0.172 e. The van der Waals surface area contributed by atoms with Crippen molar-refractivity contribution in [2.24, 2.45) is 11.5 Å². The molecule has 0 bridgehead atoms. The van der Waals surface area contributed by atoms with E-state index in [1.165, 1.54) is 0 Å². The molecular weight excluding hydrogens is 164 g/mol. The van der Waals surface area contributed by atoms with Crippen LogP contribution in [0.2, 0.25) is 0 Å². The Balaban J connectivity index is 2.63. The highest BCUT2D eigenvalue weighted by molar-refractivity contribution is 4.91. The second-order valence-electron chi connectivity index (χ2n) is 2.86. The third-order valence-electron chi connectivity index (χ3n) is 2.00. The Labute approximate surface area is 69.7 Å². The normalized spacial score (nSPS) is 49.2. The first kappa shape index (κ1) is 9.85. The van der Waals surface area contributed by atoms with Crippen molar-refractivity contribution in [3.63, 3.8) is 0 Å². The quantitative estimate of drug-likeness (QED) is 0.287. The first-order valence-electron chi connectivity index (χ1n) is 3.73. The van der Waals surface area contributed by atoms with Gasteiger partial charge >= 0.3 is 0 Å². The number of aliphatic hydroxyl groups excluding tert-OH is 3. The third kappa shape index (κ3) is 1.58. The van der Waals surface area contributed by atoms with Gasteiger partial charge < -0.3 is 31.5 Å². The lowest BCUT2D eigenvalue weighted by Gasteiger charge is -2.38. The average Bonchev–Trinajstić information content (AvgIpc) is 2.08. The lowest BCUT2D eigenvalue weighted by atomic mass is 9.98. The zero-order valence-corrected chi connectivity index (χ0v) is 6.50. The molecule has 1 saturated heterocycles. The predicted octanol–water partition coefficient (Wildman–Crippen LogP) is -3.29. The van der Waals surface area contributed by atoms with Gasteiger partial charge in [0, 0.05) is 6.54 Å². The number of nitrogens with two attached hydrogens (primary N) is 2. The maximum atomic E-state index is 9.28. The molecule has 0 spiro atoms. The topological polar surface area (TPSA) is 122 Å². The Morgan fingerprint density at radius 1 is 1.17 bits per heavy atom. The highest BCUT2D eigenvalue weighted by Gasteiger charge is 2.41. The summed E-state index contributed by atoms with van der Waals surface area (Å²) >= 11 is 0. The van der Waals surface area contributed by atoms with E-state index in [1.807, 2.05) is 0 Å². The van der Waals surface area contributed by atoms with Crippen molar-refractivity contribution in [3.8, 4) is 0 Å². The van der Waals surface area contributed by atoms with E-state index in [2.05, 4.69) is 0 Å². The van der Waals surface area contributed by atoms with Crippen molar-refractivity contribution in [1.29, 1.82) is 0 Å². The molecule has 72 valence electrons. The number of rotatable bonds is 1. The molecule has 6 nitrogen and oxygen atoms in total. The molecule has 1 aliphatic heterocycles. The molecular formula is C6H14N2O4. The van der Waals surface area contributed by atoms with Crippen LogP contribution in [0.1, 0.15) is 0 Å². The lowest BCUT2D eigenvalue weighted by Crippen LogP contribution is -2.62. The van der Waals surface area contributed by atoms with Crippen LogP contribution in [0.25, 0.3) is 0 Å². The van der Waals surface area contributed by atoms with Crippen molar-refractivity contribution in [1.82, 2.24) is 0 Å². The summed E-state index contributed by atoms with van der Waals surface area (Å²) in [6.07, 6.45) is -4.34. The van der Waals surface area contributed by atoms with Gasteiger partial charge in [-0.1, -0.05) is 0 Å². The molecule has 1 aliphatic rings. The number of ether oxygens (including phenoxy) is 1. The molecule has 1 rings (SSSR count). The van der Waals surface area contributed by atoms with Crippen LogP contribution in [0.3, 0.4) is 0 Å². The van der Waals surface area contributed by atoms with Crippen LogP contribution in [0.5, 0.6) is 0 Å². The molecule has 7 N–H and O–H groups in total. The summed E-state index contributed by atoms with van der Waals surface area (Å²) in [6, 6.07) is -0.984. The van der Waals surface area contributed by atoms with Crippen LogP contribution in [-0.2, 0) is 4.74 Å². The Hall–Kier alpha value is -0.240. The standard InChI is InChI=1S/C6H14N2O4/c7-1-2-4(9)5(10)3(8)6(11)12-2/h2-6,9-11H,1,7-8H2/t2?,3?,4-,5?,6+/m1/s1. The highest BCUT2D eigenvalue weighted by atomic mass is 16.6. The number of aliphatic hydroxyl groups is 3. The van der Waals surface area contributed by atoms with Crippen molar-refractivity contribution in [2.45, 2.75) is 30.6 Å². The fourth-order valence-corrected chi connectivity index (χ4v) is 1.16. The predicted molar refractivity (Wildman–Crippen MR) is 39.9 cm³/mol. The maximum absolute atomic E-state index is 9.28. The van der Waals surface area contributed by atoms with Gasteiger partial charge in [-0.3, -0.25) is 0 Å². The van der Waals surface area contributed by atoms with Crippen molar-refractivity contribution >= 4 is 0 Å². The molecule has 0 aliphatic carbocycles. The SMILES string of the molecule is NCC1O[C@H](O)C(N)C(O)[C@@H]1O. The minimum Gasteiger partial charge on any atom is -0.388 e. The van der Waals surface area contributed by atoms with Gasteiger partial charge in [-0.05, 0) is 0 Å². The summed E-state index contributed by atoms with van der Waals surface area (Å²) in [6.45, 7) is 0.0298. The minimum absolute atomic E-state index is 0.0298. The van der Waals surface area contributed by atoms with E-state index in [9.17, 15) is 10.2 Å². The Kier molecular flexibility index (Phi) is 2.99. The molecule has 0 radical (unpaired) electrons. The monoisotopic (exact) mass is 178 g/mol.